The minimum absolute atomic E-state index is 0.0304. The summed E-state index contributed by atoms with van der Waals surface area (Å²) in [4.78, 5) is 27.1. The molecule has 2 fully saturated rings. The molecule has 5 heteroatoms. The Morgan fingerprint density at radius 2 is 1.86 bits per heavy atom. The lowest BCUT2D eigenvalue weighted by Crippen LogP contribution is -2.67. The average molecular weight is 312 g/mol. The van der Waals surface area contributed by atoms with Crippen molar-refractivity contribution in [2.45, 2.75) is 76.3 Å². The summed E-state index contributed by atoms with van der Waals surface area (Å²) < 4.78 is 0. The molecule has 1 aliphatic heterocycles. The molecule has 1 aliphatic carbocycles. The maximum Gasteiger partial charge on any atom is 0.246 e. The molecular weight excluding hydrogens is 284 g/mol. The fourth-order valence-corrected chi connectivity index (χ4v) is 4.32. The fraction of sp³-hybridized carbons (Fsp3) is 0.875. The number of rotatable bonds is 4. The molecule has 1 saturated carbocycles. The Balaban J connectivity index is 2.16. The molecule has 0 bridgehead atoms. The zero-order valence-corrected chi connectivity index (χ0v) is 14.4. The van der Waals surface area contributed by atoms with Crippen molar-refractivity contribution in [1.29, 1.82) is 0 Å². The van der Waals surface area contributed by atoms with E-state index in [4.69, 9.17) is 0 Å². The molecule has 0 radical (unpaired) electrons. The van der Waals surface area contributed by atoms with Gasteiger partial charge in [-0.1, -0.05) is 20.8 Å². The van der Waals surface area contributed by atoms with E-state index in [1.807, 2.05) is 37.4 Å². The van der Waals surface area contributed by atoms with Crippen LogP contribution in [0.4, 0.5) is 0 Å². The van der Waals surface area contributed by atoms with Gasteiger partial charge in [-0.25, -0.2) is 0 Å². The van der Waals surface area contributed by atoms with Crippen molar-refractivity contribution in [1.82, 2.24) is 10.2 Å². The van der Waals surface area contributed by atoms with Gasteiger partial charge in [0.2, 0.25) is 11.8 Å². The maximum absolute atomic E-state index is 12.8. The van der Waals surface area contributed by atoms with Gasteiger partial charge in [0.1, 0.15) is 12.1 Å². The molecule has 1 N–H and O–H groups in total. The summed E-state index contributed by atoms with van der Waals surface area (Å²) in [5.74, 6) is 0.302. The number of hydrogen-bond acceptors (Lipinski definition) is 3. The van der Waals surface area contributed by atoms with Crippen molar-refractivity contribution in [2.75, 3.05) is 6.26 Å². The van der Waals surface area contributed by atoms with E-state index in [9.17, 15) is 9.59 Å². The molecule has 0 spiro atoms. The van der Waals surface area contributed by atoms with E-state index in [1.165, 1.54) is 0 Å². The van der Waals surface area contributed by atoms with Crippen LogP contribution in [0.2, 0.25) is 0 Å². The zero-order chi connectivity index (χ0) is 15.6. The van der Waals surface area contributed by atoms with E-state index >= 15 is 0 Å². The van der Waals surface area contributed by atoms with Crippen LogP contribution < -0.4 is 5.32 Å². The van der Waals surface area contributed by atoms with E-state index in [2.05, 4.69) is 11.6 Å². The summed E-state index contributed by atoms with van der Waals surface area (Å²) in [5, 5.41) is 3.64. The smallest absolute Gasteiger partial charge is 0.246 e. The fourth-order valence-electron chi connectivity index (χ4n) is 3.58. The second-order valence-corrected chi connectivity index (χ2v) is 7.70. The monoisotopic (exact) mass is 312 g/mol. The number of thioether (sulfide) groups is 1. The van der Waals surface area contributed by atoms with Crippen molar-refractivity contribution in [3.63, 3.8) is 0 Å². The number of nitrogens with zero attached hydrogens (tertiary/aromatic N) is 1. The van der Waals surface area contributed by atoms with Gasteiger partial charge in [-0.15, -0.1) is 0 Å². The normalized spacial score (nSPS) is 34.2. The van der Waals surface area contributed by atoms with Crippen molar-refractivity contribution in [2.24, 2.45) is 5.92 Å². The quantitative estimate of drug-likeness (QED) is 0.867. The predicted molar refractivity (Wildman–Crippen MR) is 87.3 cm³/mol. The molecule has 0 aromatic heterocycles. The van der Waals surface area contributed by atoms with Crippen LogP contribution in [0.5, 0.6) is 0 Å². The van der Waals surface area contributed by atoms with Gasteiger partial charge in [0.05, 0.1) is 0 Å². The van der Waals surface area contributed by atoms with E-state index < -0.39 is 0 Å². The van der Waals surface area contributed by atoms with Gasteiger partial charge in [0.25, 0.3) is 0 Å². The summed E-state index contributed by atoms with van der Waals surface area (Å²) in [7, 11) is 0. The Hall–Kier alpha value is -0.710. The third-order valence-corrected chi connectivity index (χ3v) is 6.02. The highest BCUT2D eigenvalue weighted by Gasteiger charge is 2.44. The average Bonchev–Trinajstić information content (AvgIpc) is 2.48. The van der Waals surface area contributed by atoms with Gasteiger partial charge in [0, 0.05) is 11.3 Å². The second-order valence-electron chi connectivity index (χ2n) is 6.57. The highest BCUT2D eigenvalue weighted by atomic mass is 32.2. The molecular formula is C16H28N2O2S. The summed E-state index contributed by atoms with van der Waals surface area (Å²) in [6.07, 6.45) is 7.23. The predicted octanol–water partition coefficient (Wildman–Crippen LogP) is 2.42. The number of carbonyl (C=O) groups excluding carboxylic acids is 2. The van der Waals surface area contributed by atoms with Crippen LogP contribution in [0.1, 0.15) is 52.9 Å². The van der Waals surface area contributed by atoms with Crippen molar-refractivity contribution >= 4 is 23.6 Å². The summed E-state index contributed by atoms with van der Waals surface area (Å²) >= 11 is 1.93. The minimum Gasteiger partial charge on any atom is -0.342 e. The Morgan fingerprint density at radius 1 is 1.24 bits per heavy atom. The van der Waals surface area contributed by atoms with Crippen LogP contribution in [-0.4, -0.2) is 46.3 Å². The largest absolute Gasteiger partial charge is 0.342 e. The Morgan fingerprint density at radius 3 is 2.33 bits per heavy atom. The second kappa shape index (κ2) is 7.03. The summed E-state index contributed by atoms with van der Waals surface area (Å²) in [6.45, 7) is 5.99. The lowest BCUT2D eigenvalue weighted by atomic mass is 9.89. The molecule has 0 aromatic carbocycles. The molecule has 1 heterocycles. The number of carbonyl (C=O) groups is 2. The third-order valence-electron chi connectivity index (χ3n) is 4.88. The molecule has 4 nitrogen and oxygen atoms in total. The first-order valence-corrected chi connectivity index (χ1v) is 9.43. The Labute approximate surface area is 132 Å². The van der Waals surface area contributed by atoms with Crippen LogP contribution in [0.3, 0.4) is 0 Å². The number of hydrogen-bond donors (Lipinski definition) is 1. The van der Waals surface area contributed by atoms with E-state index in [1.54, 1.807) is 0 Å². The highest BCUT2D eigenvalue weighted by molar-refractivity contribution is 7.99. The molecule has 2 unspecified atom stereocenters. The Bertz CT molecular complexity index is 392. The standard InChI is InChI=1S/C16H28N2O2S/c1-5-13-15(19)17-14(10(2)3)16(20)18(13)11-6-8-12(21-4)9-7-11/h10-14H,5-9H2,1-4H3,(H,17,19). The third kappa shape index (κ3) is 3.38. The highest BCUT2D eigenvalue weighted by Crippen LogP contribution is 2.32. The van der Waals surface area contributed by atoms with E-state index in [-0.39, 0.29) is 35.9 Å². The number of nitrogens with one attached hydrogen (secondary N) is 1. The van der Waals surface area contributed by atoms with Crippen molar-refractivity contribution < 1.29 is 9.59 Å². The molecule has 2 amide bonds. The maximum atomic E-state index is 12.8. The SMILES string of the molecule is CCC1C(=O)NC(C(C)C)C(=O)N1C1CCC(SC)CC1. The molecule has 2 atom stereocenters. The van der Waals surface area contributed by atoms with Gasteiger partial charge in [-0.2, -0.15) is 11.8 Å². The lowest BCUT2D eigenvalue weighted by molar-refractivity contribution is -0.154. The molecule has 120 valence electrons. The topological polar surface area (TPSA) is 49.4 Å². The molecule has 2 aliphatic rings. The van der Waals surface area contributed by atoms with Crippen LogP contribution in [0.25, 0.3) is 0 Å². The minimum atomic E-state index is -0.349. The summed E-state index contributed by atoms with van der Waals surface area (Å²) in [5.41, 5.74) is 0. The summed E-state index contributed by atoms with van der Waals surface area (Å²) in [6, 6.07) is -0.375. The zero-order valence-electron chi connectivity index (χ0n) is 13.6. The number of amides is 2. The Kier molecular flexibility index (Phi) is 5.58. The molecule has 21 heavy (non-hydrogen) atoms. The van der Waals surface area contributed by atoms with Crippen LogP contribution in [0.15, 0.2) is 0 Å². The molecule has 2 rings (SSSR count). The first kappa shape index (κ1) is 16.7. The van der Waals surface area contributed by atoms with Crippen LogP contribution in [0, 0.1) is 5.92 Å². The van der Waals surface area contributed by atoms with Crippen molar-refractivity contribution in [3.05, 3.63) is 0 Å². The molecule has 0 aromatic rings. The van der Waals surface area contributed by atoms with Crippen LogP contribution in [-0.2, 0) is 9.59 Å². The number of piperazine rings is 1. The van der Waals surface area contributed by atoms with E-state index in [0.29, 0.717) is 6.42 Å². The first-order chi connectivity index (χ1) is 9.99. The van der Waals surface area contributed by atoms with Gasteiger partial charge in [0.15, 0.2) is 0 Å². The lowest BCUT2D eigenvalue weighted by Gasteiger charge is -2.46. The first-order valence-electron chi connectivity index (χ1n) is 8.14. The van der Waals surface area contributed by atoms with Gasteiger partial charge < -0.3 is 10.2 Å². The van der Waals surface area contributed by atoms with Crippen LogP contribution >= 0.6 is 11.8 Å². The van der Waals surface area contributed by atoms with Gasteiger partial charge in [-0.05, 0) is 44.3 Å². The van der Waals surface area contributed by atoms with E-state index in [0.717, 1.165) is 30.9 Å². The van der Waals surface area contributed by atoms with Crippen molar-refractivity contribution in [3.8, 4) is 0 Å². The molecule has 1 saturated heterocycles. The van der Waals surface area contributed by atoms with Gasteiger partial charge in [-0.3, -0.25) is 9.59 Å². The van der Waals surface area contributed by atoms with Gasteiger partial charge >= 0.3 is 0 Å².